The first-order chi connectivity index (χ1) is 20.0. The number of benzene rings is 4. The molecule has 7 rings (SSSR count). The van der Waals surface area contributed by atoms with Crippen LogP contribution in [0.4, 0.5) is 22.9 Å². The van der Waals surface area contributed by atoms with Gasteiger partial charge < -0.3 is 15.0 Å². The average molecular weight is 539 g/mol. The SMILES string of the molecule is COc1ccc(NC2=Nc3ccccc3N3C2=Nc2c(c(C)nn2-c2ccc(C)cc2)C3c2ccc(C)cc2)cc1. The van der Waals surface area contributed by atoms with Gasteiger partial charge in [0.25, 0.3) is 0 Å². The lowest BCUT2D eigenvalue weighted by Crippen LogP contribution is -2.46. The Morgan fingerprint density at radius 2 is 1.44 bits per heavy atom. The van der Waals surface area contributed by atoms with Crippen LogP contribution in [0.15, 0.2) is 107 Å². The van der Waals surface area contributed by atoms with E-state index in [0.717, 1.165) is 57.0 Å². The Bertz CT molecular complexity index is 1820. The fourth-order valence-corrected chi connectivity index (χ4v) is 5.54. The summed E-state index contributed by atoms with van der Waals surface area (Å²) in [4.78, 5) is 12.7. The molecule has 0 fully saturated rings. The van der Waals surface area contributed by atoms with Crippen LogP contribution in [0.5, 0.6) is 5.75 Å². The van der Waals surface area contributed by atoms with Crippen molar-refractivity contribution in [1.29, 1.82) is 0 Å². The average Bonchev–Trinajstić information content (AvgIpc) is 3.33. The summed E-state index contributed by atoms with van der Waals surface area (Å²) in [6.07, 6.45) is 0. The quantitative estimate of drug-likeness (QED) is 0.256. The van der Waals surface area contributed by atoms with Gasteiger partial charge in [-0.3, -0.25) is 0 Å². The summed E-state index contributed by atoms with van der Waals surface area (Å²) in [6, 6.07) is 33.1. The van der Waals surface area contributed by atoms with Crippen LogP contribution < -0.4 is 15.0 Å². The molecule has 7 nitrogen and oxygen atoms in total. The van der Waals surface area contributed by atoms with Crippen molar-refractivity contribution >= 4 is 34.6 Å². The molecule has 5 aromatic rings. The largest absolute Gasteiger partial charge is 0.497 e. The minimum absolute atomic E-state index is 0.151. The van der Waals surface area contributed by atoms with Crippen molar-refractivity contribution in [1.82, 2.24) is 9.78 Å². The third-order valence-corrected chi connectivity index (χ3v) is 7.66. The summed E-state index contributed by atoms with van der Waals surface area (Å²) in [7, 11) is 1.67. The predicted octanol–water partition coefficient (Wildman–Crippen LogP) is 7.60. The highest BCUT2D eigenvalue weighted by atomic mass is 16.5. The lowest BCUT2D eigenvalue weighted by Gasteiger charge is -2.40. The van der Waals surface area contributed by atoms with Crippen LogP contribution in [0.2, 0.25) is 0 Å². The summed E-state index contributed by atoms with van der Waals surface area (Å²) in [5, 5.41) is 8.59. The molecular weight excluding hydrogens is 508 g/mol. The summed E-state index contributed by atoms with van der Waals surface area (Å²) in [5.74, 6) is 3.02. The molecule has 1 unspecified atom stereocenters. The molecule has 3 heterocycles. The maximum absolute atomic E-state index is 5.37. The van der Waals surface area contributed by atoms with Crippen LogP contribution in [0.3, 0.4) is 0 Å². The monoisotopic (exact) mass is 538 g/mol. The maximum atomic E-state index is 5.37. The molecule has 2 aliphatic heterocycles. The van der Waals surface area contributed by atoms with E-state index in [1.165, 1.54) is 11.1 Å². The van der Waals surface area contributed by atoms with Gasteiger partial charge >= 0.3 is 0 Å². The minimum atomic E-state index is -0.151. The Hall–Kier alpha value is -5.17. The molecule has 1 atom stereocenters. The molecule has 4 aromatic carbocycles. The van der Waals surface area contributed by atoms with Crippen molar-refractivity contribution in [3.05, 3.63) is 125 Å². The molecule has 1 aromatic heterocycles. The number of fused-ring (bicyclic) bond motifs is 4. The Balaban J connectivity index is 1.47. The first kappa shape index (κ1) is 24.8. The molecule has 41 heavy (non-hydrogen) atoms. The van der Waals surface area contributed by atoms with Crippen LogP contribution in [0, 0.1) is 20.8 Å². The molecule has 0 saturated heterocycles. The maximum Gasteiger partial charge on any atom is 0.179 e. The number of para-hydroxylation sites is 2. The van der Waals surface area contributed by atoms with Gasteiger partial charge in [0.05, 0.1) is 35.9 Å². The second-order valence-corrected chi connectivity index (χ2v) is 10.5. The van der Waals surface area contributed by atoms with E-state index in [2.05, 4.69) is 91.7 Å². The molecule has 7 heteroatoms. The number of aliphatic imine (C=N–C) groups is 2. The van der Waals surface area contributed by atoms with E-state index < -0.39 is 0 Å². The number of methoxy groups -OCH3 is 1. The third kappa shape index (κ3) is 4.26. The normalized spacial score (nSPS) is 15.3. The first-order valence-electron chi connectivity index (χ1n) is 13.7. The number of hydrogen-bond acceptors (Lipinski definition) is 6. The second-order valence-electron chi connectivity index (χ2n) is 10.5. The number of ether oxygens (including phenoxy) is 1. The Kier molecular flexibility index (Phi) is 5.93. The molecule has 0 spiro atoms. The van der Waals surface area contributed by atoms with Crippen LogP contribution in [-0.4, -0.2) is 28.6 Å². The van der Waals surface area contributed by atoms with Crippen LogP contribution in [0.25, 0.3) is 5.69 Å². The molecule has 202 valence electrons. The van der Waals surface area contributed by atoms with E-state index in [4.69, 9.17) is 19.8 Å². The summed E-state index contributed by atoms with van der Waals surface area (Å²) in [6.45, 7) is 6.28. The van der Waals surface area contributed by atoms with Gasteiger partial charge in [-0.2, -0.15) is 5.10 Å². The molecule has 2 aliphatic rings. The smallest absolute Gasteiger partial charge is 0.179 e. The Labute approximate surface area is 239 Å². The number of nitrogens with one attached hydrogen (secondary N) is 1. The standard InChI is InChI=1S/C34H30N6O/c1-21-9-13-24(14-10-21)31-30-23(3)38-40(26-17-11-22(2)12-18-26)33(30)37-34-32(35-25-15-19-27(41-4)20-16-25)36-28-7-5-6-8-29(28)39(31)34/h5-20,31H,1-4H3,(H,35,36). The van der Waals surface area contributed by atoms with Crippen molar-refractivity contribution in [2.45, 2.75) is 26.8 Å². The van der Waals surface area contributed by atoms with Gasteiger partial charge in [-0.25, -0.2) is 14.7 Å². The highest BCUT2D eigenvalue weighted by Crippen LogP contribution is 2.48. The van der Waals surface area contributed by atoms with Crippen molar-refractivity contribution in [3.8, 4) is 11.4 Å². The van der Waals surface area contributed by atoms with Crippen molar-refractivity contribution in [2.24, 2.45) is 9.98 Å². The van der Waals surface area contributed by atoms with E-state index in [1.54, 1.807) is 7.11 Å². The van der Waals surface area contributed by atoms with Crippen molar-refractivity contribution in [2.75, 3.05) is 17.3 Å². The van der Waals surface area contributed by atoms with E-state index in [9.17, 15) is 0 Å². The van der Waals surface area contributed by atoms with Crippen LogP contribution >= 0.6 is 0 Å². The highest BCUT2D eigenvalue weighted by Gasteiger charge is 2.41. The zero-order valence-corrected chi connectivity index (χ0v) is 23.5. The third-order valence-electron chi connectivity index (χ3n) is 7.66. The van der Waals surface area contributed by atoms with Crippen LogP contribution in [0.1, 0.15) is 34.0 Å². The number of hydrogen-bond donors (Lipinski definition) is 1. The van der Waals surface area contributed by atoms with E-state index in [-0.39, 0.29) is 6.04 Å². The topological polar surface area (TPSA) is 67.0 Å². The fraction of sp³-hybridized carbons (Fsp3) is 0.147. The number of rotatable bonds is 4. The van der Waals surface area contributed by atoms with Gasteiger partial charge in [0.1, 0.15) is 5.75 Å². The zero-order valence-electron chi connectivity index (χ0n) is 23.5. The summed E-state index contributed by atoms with van der Waals surface area (Å²) in [5.41, 5.74) is 9.35. The van der Waals surface area contributed by atoms with Gasteiger partial charge in [0.15, 0.2) is 17.5 Å². The van der Waals surface area contributed by atoms with E-state index >= 15 is 0 Å². The van der Waals surface area contributed by atoms with E-state index in [1.807, 2.05) is 41.1 Å². The highest BCUT2D eigenvalue weighted by molar-refractivity contribution is 6.51. The summed E-state index contributed by atoms with van der Waals surface area (Å²) >= 11 is 0. The molecule has 1 N–H and O–H groups in total. The molecule has 0 saturated carbocycles. The van der Waals surface area contributed by atoms with Gasteiger partial charge in [-0.15, -0.1) is 0 Å². The van der Waals surface area contributed by atoms with Crippen LogP contribution in [-0.2, 0) is 0 Å². The molecule has 0 amide bonds. The minimum Gasteiger partial charge on any atom is -0.497 e. The Morgan fingerprint density at radius 1 is 0.756 bits per heavy atom. The van der Waals surface area contributed by atoms with Gasteiger partial charge in [-0.05, 0) is 74.9 Å². The van der Waals surface area contributed by atoms with Gasteiger partial charge in [0.2, 0.25) is 0 Å². The van der Waals surface area contributed by atoms with E-state index in [0.29, 0.717) is 5.84 Å². The lowest BCUT2D eigenvalue weighted by molar-refractivity contribution is 0.415. The first-order valence-corrected chi connectivity index (χ1v) is 13.7. The number of aryl methyl sites for hydroxylation is 3. The fourth-order valence-electron chi connectivity index (χ4n) is 5.54. The second kappa shape index (κ2) is 9.78. The van der Waals surface area contributed by atoms with Crippen molar-refractivity contribution in [3.63, 3.8) is 0 Å². The zero-order chi connectivity index (χ0) is 28.1. The predicted molar refractivity (Wildman–Crippen MR) is 166 cm³/mol. The molecule has 0 radical (unpaired) electrons. The number of anilines is 2. The molecule has 0 bridgehead atoms. The Morgan fingerprint density at radius 3 is 2.15 bits per heavy atom. The van der Waals surface area contributed by atoms with Gasteiger partial charge in [0, 0.05) is 11.3 Å². The van der Waals surface area contributed by atoms with Crippen molar-refractivity contribution < 1.29 is 4.74 Å². The summed E-state index contributed by atoms with van der Waals surface area (Å²) < 4.78 is 7.33. The lowest BCUT2D eigenvalue weighted by atomic mass is 9.93. The molecule has 0 aliphatic carbocycles. The number of nitrogens with zero attached hydrogens (tertiary/aromatic N) is 5. The molecular formula is C34H30N6O. The number of aromatic nitrogens is 2. The van der Waals surface area contributed by atoms with Gasteiger partial charge in [-0.1, -0.05) is 59.7 Å². The number of amidine groups is 2.